The van der Waals surface area contributed by atoms with Gasteiger partial charge in [0.2, 0.25) is 0 Å². The molecule has 2 bridgehead atoms. The van der Waals surface area contributed by atoms with Crippen LogP contribution in [-0.2, 0) is 4.84 Å². The number of hydrogen-bond acceptors (Lipinski definition) is 2. The van der Waals surface area contributed by atoms with Crippen molar-refractivity contribution in [2.75, 3.05) is 0 Å². The van der Waals surface area contributed by atoms with Gasteiger partial charge in [0.15, 0.2) is 0 Å². The highest BCUT2D eigenvalue weighted by molar-refractivity contribution is 6.84. The van der Waals surface area contributed by atoms with Gasteiger partial charge >= 0.3 is 0 Å². The van der Waals surface area contributed by atoms with Crippen LogP contribution >= 0.6 is 0 Å². The molecule has 0 aromatic carbocycles. The normalized spacial score (nSPS) is 32.6. The number of rotatable bonds is 3. The van der Waals surface area contributed by atoms with Crippen LogP contribution < -0.4 is 0 Å². The van der Waals surface area contributed by atoms with E-state index in [1.807, 2.05) is 0 Å². The van der Waals surface area contributed by atoms with Crippen molar-refractivity contribution in [1.82, 2.24) is 5.06 Å². The third-order valence-electron chi connectivity index (χ3n) is 6.18. The highest BCUT2D eigenvalue weighted by atomic mass is 28.3. The molecule has 1 spiro atoms. The molecule has 29 heavy (non-hydrogen) atoms. The van der Waals surface area contributed by atoms with Crippen molar-refractivity contribution in [2.45, 2.75) is 102 Å². The van der Waals surface area contributed by atoms with Crippen LogP contribution in [0.4, 0.5) is 0 Å². The van der Waals surface area contributed by atoms with E-state index in [1.54, 1.807) is 0 Å². The molecule has 1 saturated carbocycles. The Morgan fingerprint density at radius 3 is 2.21 bits per heavy atom. The summed E-state index contributed by atoms with van der Waals surface area (Å²) in [5.41, 5.74) is 7.09. The highest BCUT2D eigenvalue weighted by Gasteiger charge is 2.58. The first-order valence-electron chi connectivity index (χ1n) is 11.4. The lowest BCUT2D eigenvalue weighted by atomic mass is 9.67. The third kappa shape index (κ3) is 5.77. The summed E-state index contributed by atoms with van der Waals surface area (Å²) in [5.74, 6) is 7.10. The quantitative estimate of drug-likeness (QED) is 0.409. The maximum Gasteiger partial charge on any atom is 0.129 e. The van der Waals surface area contributed by atoms with E-state index in [4.69, 9.17) is 4.84 Å². The molecule has 0 unspecified atom stereocenters. The molecule has 0 aromatic rings. The van der Waals surface area contributed by atoms with Gasteiger partial charge in [0.05, 0.1) is 11.6 Å². The van der Waals surface area contributed by atoms with E-state index in [-0.39, 0.29) is 5.54 Å². The van der Waals surface area contributed by atoms with Crippen molar-refractivity contribution in [3.05, 3.63) is 24.3 Å². The van der Waals surface area contributed by atoms with Crippen LogP contribution in [-0.4, -0.2) is 38.9 Å². The number of nitrogens with zero attached hydrogens (tertiary/aromatic N) is 1. The zero-order valence-electron chi connectivity index (χ0n) is 19.3. The summed E-state index contributed by atoms with van der Waals surface area (Å²) in [5, 5.41) is 2.44. The lowest BCUT2D eigenvalue weighted by molar-refractivity contribution is -0.221. The lowest BCUT2D eigenvalue weighted by Gasteiger charge is -2.47. The molecule has 3 fully saturated rings. The van der Waals surface area contributed by atoms with E-state index in [2.05, 4.69) is 91.6 Å². The molecule has 2 saturated heterocycles. The Morgan fingerprint density at radius 1 is 0.931 bits per heavy atom. The Balaban J connectivity index is 1.72. The number of piperidine rings is 1. The van der Waals surface area contributed by atoms with Crippen molar-refractivity contribution in [3.63, 3.8) is 0 Å². The Morgan fingerprint density at radius 2 is 1.55 bits per heavy atom. The van der Waals surface area contributed by atoms with Crippen molar-refractivity contribution < 1.29 is 4.84 Å². The maximum atomic E-state index is 6.59. The summed E-state index contributed by atoms with van der Waals surface area (Å²) in [6.45, 7) is 13.8. The Labute approximate surface area is 181 Å². The van der Waals surface area contributed by atoms with Gasteiger partial charge in [-0.3, -0.25) is 4.84 Å². The number of hydroxylamine groups is 2. The van der Waals surface area contributed by atoms with Crippen LogP contribution in [0.2, 0.25) is 39.3 Å². The Bertz CT molecular complexity index is 761. The Hall–Kier alpha value is -1.05. The fraction of sp³-hybridized carbons (Fsp3) is 0.680. The van der Waals surface area contributed by atoms with Crippen LogP contribution in [0.1, 0.15) is 44.9 Å². The van der Waals surface area contributed by atoms with Gasteiger partial charge in [-0.1, -0.05) is 63.3 Å². The minimum absolute atomic E-state index is 0.195. The summed E-state index contributed by atoms with van der Waals surface area (Å²) in [6.07, 6.45) is 17.8. The molecule has 4 atom stereocenters. The van der Waals surface area contributed by atoms with Gasteiger partial charge in [-0.15, -0.1) is 11.1 Å². The molecule has 2 aliphatic heterocycles. The van der Waals surface area contributed by atoms with Crippen LogP contribution in [0, 0.1) is 28.8 Å². The average Bonchev–Trinajstić information content (AvgIpc) is 2.78. The molecule has 1 aliphatic carbocycles. The lowest BCUT2D eigenvalue weighted by Crippen LogP contribution is -2.55. The van der Waals surface area contributed by atoms with Gasteiger partial charge < -0.3 is 0 Å². The topological polar surface area (TPSA) is 12.5 Å². The Kier molecular flexibility index (Phi) is 7.01. The van der Waals surface area contributed by atoms with E-state index in [1.165, 1.54) is 38.5 Å². The van der Waals surface area contributed by atoms with Gasteiger partial charge in [-0.2, -0.15) is 5.06 Å². The standard InChI is InChI=1S/C25H39NOSi2/c1-28(2,3)20-10-7-8-14-22-15-12-18-25-19-13-17-24(27-26(22)25)23(25)16-9-11-21-29(4,5)6/h7-9,16,22-24H,12-15,17-19H2,1-6H3/b8-7-,16-9-/t22-,23-,24+,25-/m1/s1. The molecular formula is C25H39NOSi2. The fourth-order valence-corrected chi connectivity index (χ4v) is 6.04. The van der Waals surface area contributed by atoms with E-state index in [9.17, 15) is 0 Å². The molecule has 0 N–H and O–H groups in total. The van der Waals surface area contributed by atoms with Crippen LogP contribution in [0.5, 0.6) is 0 Å². The van der Waals surface area contributed by atoms with Crippen molar-refractivity contribution in [3.8, 4) is 22.9 Å². The first-order valence-corrected chi connectivity index (χ1v) is 18.4. The molecule has 0 aromatic heterocycles. The fourth-order valence-electron chi connectivity index (χ4n) is 5.01. The van der Waals surface area contributed by atoms with Gasteiger partial charge in [0.1, 0.15) is 16.1 Å². The number of fused-ring (bicyclic) bond motifs is 1. The highest BCUT2D eigenvalue weighted by Crippen LogP contribution is 2.53. The predicted molar refractivity (Wildman–Crippen MR) is 130 cm³/mol. The monoisotopic (exact) mass is 425 g/mol. The summed E-state index contributed by atoms with van der Waals surface area (Å²) in [7, 11) is -2.60. The second kappa shape index (κ2) is 8.98. The summed E-state index contributed by atoms with van der Waals surface area (Å²) in [4.78, 5) is 6.59. The SMILES string of the molecule is C[Si](C)(C)C#C/C=C\C[C@@H]1CCC[C@]23CCC[C@H](ON12)[C@H]3/C=C\C#C[Si](C)(C)C. The van der Waals surface area contributed by atoms with Crippen LogP contribution in [0.15, 0.2) is 24.3 Å². The average molecular weight is 426 g/mol. The molecule has 0 amide bonds. The van der Waals surface area contributed by atoms with Crippen molar-refractivity contribution >= 4 is 16.1 Å². The van der Waals surface area contributed by atoms with E-state index < -0.39 is 16.1 Å². The molecule has 2 heterocycles. The summed E-state index contributed by atoms with van der Waals surface area (Å²) in [6, 6.07) is 0.487. The smallest absolute Gasteiger partial charge is 0.129 e. The number of hydrogen-bond donors (Lipinski definition) is 0. The van der Waals surface area contributed by atoms with Gasteiger partial charge in [0.25, 0.3) is 0 Å². The second-order valence-electron chi connectivity index (χ2n) is 11.1. The molecule has 0 radical (unpaired) electrons. The molecule has 2 nitrogen and oxygen atoms in total. The van der Waals surface area contributed by atoms with Crippen molar-refractivity contribution in [2.24, 2.45) is 5.92 Å². The van der Waals surface area contributed by atoms with E-state index in [0.29, 0.717) is 18.1 Å². The van der Waals surface area contributed by atoms with Gasteiger partial charge in [-0.05, 0) is 57.1 Å². The van der Waals surface area contributed by atoms with Crippen LogP contribution in [0.3, 0.4) is 0 Å². The first kappa shape index (κ1) is 22.6. The van der Waals surface area contributed by atoms with Crippen LogP contribution in [0.25, 0.3) is 0 Å². The van der Waals surface area contributed by atoms with Gasteiger partial charge in [0, 0.05) is 12.0 Å². The first-order chi connectivity index (χ1) is 13.6. The van der Waals surface area contributed by atoms with E-state index >= 15 is 0 Å². The molecule has 158 valence electrons. The minimum Gasteiger partial charge on any atom is -0.294 e. The molecule has 4 heteroatoms. The zero-order valence-corrected chi connectivity index (χ0v) is 21.3. The number of allylic oxidation sites excluding steroid dienone is 2. The summed E-state index contributed by atoms with van der Waals surface area (Å²) >= 11 is 0. The largest absolute Gasteiger partial charge is 0.294 e. The maximum absolute atomic E-state index is 6.59. The molecule has 3 aliphatic rings. The third-order valence-corrected chi connectivity index (χ3v) is 7.97. The van der Waals surface area contributed by atoms with Gasteiger partial charge in [-0.25, -0.2) is 0 Å². The minimum atomic E-state index is -1.31. The molecule has 3 rings (SSSR count). The van der Waals surface area contributed by atoms with Crippen molar-refractivity contribution in [1.29, 1.82) is 0 Å². The molecular weight excluding hydrogens is 386 g/mol. The second-order valence-corrected chi connectivity index (χ2v) is 20.6. The summed E-state index contributed by atoms with van der Waals surface area (Å²) < 4.78 is 0. The van der Waals surface area contributed by atoms with E-state index in [0.717, 1.165) is 6.42 Å². The zero-order chi connectivity index (χ0) is 21.1. The predicted octanol–water partition coefficient (Wildman–Crippen LogP) is 5.96.